The summed E-state index contributed by atoms with van der Waals surface area (Å²) in [4.78, 5) is 3.61. The van der Waals surface area contributed by atoms with Gasteiger partial charge in [-0.25, -0.2) is 0 Å². The number of H-pyrrole nitrogens is 1. The van der Waals surface area contributed by atoms with Gasteiger partial charge in [0.25, 0.3) is 0 Å². The molecule has 0 fully saturated rings. The van der Waals surface area contributed by atoms with Crippen molar-refractivity contribution in [3.8, 4) is 11.1 Å². The standard InChI is InChI=1S/C22H22N2/c1-2-3-13-23-17-14-19(16-9-5-4-6-10-16)22-20(15-17)18-11-7-8-12-21(18)24-22/h4-12,14-15,23-24H,2-3,13H2,1H3. The minimum absolute atomic E-state index is 1.01. The molecule has 0 radical (unpaired) electrons. The number of nitrogens with one attached hydrogen (secondary N) is 2. The minimum atomic E-state index is 1.01. The normalized spacial score (nSPS) is 11.2. The molecule has 2 nitrogen and oxygen atoms in total. The topological polar surface area (TPSA) is 27.8 Å². The van der Waals surface area contributed by atoms with Crippen molar-refractivity contribution in [2.45, 2.75) is 19.8 Å². The Morgan fingerprint density at radius 3 is 2.50 bits per heavy atom. The Morgan fingerprint density at radius 1 is 0.875 bits per heavy atom. The monoisotopic (exact) mass is 314 g/mol. The largest absolute Gasteiger partial charge is 0.385 e. The molecule has 0 saturated heterocycles. The lowest BCUT2D eigenvalue weighted by Crippen LogP contribution is -2.00. The molecular weight excluding hydrogens is 292 g/mol. The van der Waals surface area contributed by atoms with Crippen LogP contribution in [-0.2, 0) is 0 Å². The number of para-hydroxylation sites is 1. The number of unbranched alkanes of at least 4 members (excludes halogenated alkanes) is 1. The smallest absolute Gasteiger partial charge is 0.0546 e. The Balaban J connectivity index is 1.94. The highest BCUT2D eigenvalue weighted by molar-refractivity contribution is 6.13. The summed E-state index contributed by atoms with van der Waals surface area (Å²) in [5.74, 6) is 0. The fourth-order valence-corrected chi connectivity index (χ4v) is 3.31. The van der Waals surface area contributed by atoms with Gasteiger partial charge in [-0.1, -0.05) is 61.9 Å². The summed E-state index contributed by atoms with van der Waals surface area (Å²) in [5, 5.41) is 6.15. The first-order valence-electron chi connectivity index (χ1n) is 8.70. The van der Waals surface area contributed by atoms with Crippen LogP contribution in [0.15, 0.2) is 66.7 Å². The van der Waals surface area contributed by atoms with Crippen molar-refractivity contribution < 1.29 is 0 Å². The van der Waals surface area contributed by atoms with Crippen molar-refractivity contribution in [1.82, 2.24) is 4.98 Å². The fraction of sp³-hybridized carbons (Fsp3) is 0.182. The third-order valence-electron chi connectivity index (χ3n) is 4.56. The zero-order chi connectivity index (χ0) is 16.4. The van der Waals surface area contributed by atoms with E-state index >= 15 is 0 Å². The molecule has 0 spiro atoms. The van der Waals surface area contributed by atoms with E-state index in [0.29, 0.717) is 0 Å². The van der Waals surface area contributed by atoms with E-state index in [1.165, 1.54) is 51.5 Å². The van der Waals surface area contributed by atoms with Gasteiger partial charge in [-0.3, -0.25) is 0 Å². The number of rotatable bonds is 5. The van der Waals surface area contributed by atoms with Gasteiger partial charge in [0.1, 0.15) is 0 Å². The highest BCUT2D eigenvalue weighted by Gasteiger charge is 2.11. The summed E-state index contributed by atoms with van der Waals surface area (Å²) >= 11 is 0. The van der Waals surface area contributed by atoms with Gasteiger partial charge in [0.15, 0.2) is 0 Å². The first-order chi connectivity index (χ1) is 11.9. The van der Waals surface area contributed by atoms with Gasteiger partial charge in [-0.15, -0.1) is 0 Å². The minimum Gasteiger partial charge on any atom is -0.385 e. The number of aromatic nitrogens is 1. The van der Waals surface area contributed by atoms with Crippen molar-refractivity contribution in [3.05, 3.63) is 66.7 Å². The summed E-state index contributed by atoms with van der Waals surface area (Å²) in [7, 11) is 0. The highest BCUT2D eigenvalue weighted by Crippen LogP contribution is 2.35. The van der Waals surface area contributed by atoms with Crippen molar-refractivity contribution >= 4 is 27.5 Å². The molecule has 3 aromatic carbocycles. The van der Waals surface area contributed by atoms with Crippen LogP contribution in [0.5, 0.6) is 0 Å². The Kier molecular flexibility index (Phi) is 3.96. The second-order valence-corrected chi connectivity index (χ2v) is 6.26. The Bertz CT molecular complexity index is 967. The lowest BCUT2D eigenvalue weighted by atomic mass is 10.0. The van der Waals surface area contributed by atoms with Gasteiger partial charge in [-0.2, -0.15) is 0 Å². The summed E-state index contributed by atoms with van der Waals surface area (Å²) in [6.07, 6.45) is 2.39. The fourth-order valence-electron chi connectivity index (χ4n) is 3.31. The molecule has 4 rings (SSSR count). The van der Waals surface area contributed by atoms with Gasteiger partial charge in [-0.05, 0) is 30.2 Å². The molecule has 4 aromatic rings. The van der Waals surface area contributed by atoms with Crippen molar-refractivity contribution in [1.29, 1.82) is 0 Å². The highest BCUT2D eigenvalue weighted by atomic mass is 14.9. The Hall–Kier alpha value is -2.74. The lowest BCUT2D eigenvalue weighted by Gasteiger charge is -2.10. The quantitative estimate of drug-likeness (QED) is 0.422. The van der Waals surface area contributed by atoms with Gasteiger partial charge in [0.05, 0.1) is 5.52 Å². The van der Waals surface area contributed by atoms with Crippen molar-refractivity contribution in [2.24, 2.45) is 0 Å². The van der Waals surface area contributed by atoms with Crippen molar-refractivity contribution in [3.63, 3.8) is 0 Å². The van der Waals surface area contributed by atoms with Crippen LogP contribution >= 0.6 is 0 Å². The Morgan fingerprint density at radius 2 is 1.67 bits per heavy atom. The SMILES string of the molecule is CCCCNc1cc(-c2ccccc2)c2[nH]c3ccccc3c2c1. The van der Waals surface area contributed by atoms with E-state index in [2.05, 4.69) is 84.0 Å². The second kappa shape index (κ2) is 6.40. The van der Waals surface area contributed by atoms with E-state index in [1.54, 1.807) is 0 Å². The van der Waals surface area contributed by atoms with E-state index in [-0.39, 0.29) is 0 Å². The third-order valence-corrected chi connectivity index (χ3v) is 4.56. The van der Waals surface area contributed by atoms with E-state index < -0.39 is 0 Å². The summed E-state index contributed by atoms with van der Waals surface area (Å²) in [6, 6.07) is 23.7. The number of aromatic amines is 1. The molecular formula is C22H22N2. The molecule has 0 unspecified atom stereocenters. The van der Waals surface area contributed by atoms with Gasteiger partial charge in [0.2, 0.25) is 0 Å². The maximum atomic E-state index is 3.61. The molecule has 0 amide bonds. The molecule has 1 heterocycles. The predicted octanol–water partition coefficient (Wildman–Crippen LogP) is 6.20. The number of hydrogen-bond donors (Lipinski definition) is 2. The molecule has 2 heteroatoms. The molecule has 0 aliphatic carbocycles. The van der Waals surface area contributed by atoms with E-state index in [0.717, 1.165) is 6.54 Å². The zero-order valence-electron chi connectivity index (χ0n) is 14.0. The van der Waals surface area contributed by atoms with Crippen LogP contribution in [0.4, 0.5) is 5.69 Å². The van der Waals surface area contributed by atoms with Crippen LogP contribution in [-0.4, -0.2) is 11.5 Å². The van der Waals surface area contributed by atoms with Crippen LogP contribution in [0.2, 0.25) is 0 Å². The van der Waals surface area contributed by atoms with E-state index in [1.807, 2.05) is 0 Å². The first kappa shape index (κ1) is 14.8. The number of anilines is 1. The van der Waals surface area contributed by atoms with E-state index in [9.17, 15) is 0 Å². The number of fused-ring (bicyclic) bond motifs is 3. The van der Waals surface area contributed by atoms with E-state index in [4.69, 9.17) is 0 Å². The van der Waals surface area contributed by atoms with Gasteiger partial charge < -0.3 is 10.3 Å². The van der Waals surface area contributed by atoms with Gasteiger partial charge in [0, 0.05) is 34.1 Å². The molecule has 0 aliphatic heterocycles. The maximum Gasteiger partial charge on any atom is 0.0546 e. The second-order valence-electron chi connectivity index (χ2n) is 6.26. The number of benzene rings is 3. The molecule has 120 valence electrons. The molecule has 1 aromatic heterocycles. The maximum absolute atomic E-state index is 3.61. The average molecular weight is 314 g/mol. The zero-order valence-corrected chi connectivity index (χ0v) is 14.0. The summed E-state index contributed by atoms with van der Waals surface area (Å²) in [5.41, 5.74) is 6.09. The van der Waals surface area contributed by atoms with Crippen LogP contribution in [0.3, 0.4) is 0 Å². The number of hydrogen-bond acceptors (Lipinski definition) is 1. The average Bonchev–Trinajstić information content (AvgIpc) is 3.01. The molecule has 0 saturated carbocycles. The van der Waals surface area contributed by atoms with Crippen LogP contribution < -0.4 is 5.32 Å². The molecule has 2 N–H and O–H groups in total. The van der Waals surface area contributed by atoms with Crippen molar-refractivity contribution in [2.75, 3.05) is 11.9 Å². The van der Waals surface area contributed by atoms with Crippen LogP contribution in [0.25, 0.3) is 32.9 Å². The van der Waals surface area contributed by atoms with Crippen LogP contribution in [0.1, 0.15) is 19.8 Å². The molecule has 0 atom stereocenters. The summed E-state index contributed by atoms with van der Waals surface area (Å²) in [6.45, 7) is 3.23. The molecule has 0 aliphatic rings. The first-order valence-corrected chi connectivity index (χ1v) is 8.70. The van der Waals surface area contributed by atoms with Gasteiger partial charge >= 0.3 is 0 Å². The van der Waals surface area contributed by atoms with Crippen LogP contribution in [0, 0.1) is 0 Å². The Labute approximate surface area is 142 Å². The molecule has 24 heavy (non-hydrogen) atoms. The summed E-state index contributed by atoms with van der Waals surface area (Å²) < 4.78 is 0. The lowest BCUT2D eigenvalue weighted by molar-refractivity contribution is 0.834. The third kappa shape index (κ3) is 2.65. The molecule has 0 bridgehead atoms. The predicted molar refractivity (Wildman–Crippen MR) is 105 cm³/mol.